The highest BCUT2D eigenvalue weighted by molar-refractivity contribution is 5.73. The molecule has 1 amide bonds. The first kappa shape index (κ1) is 185. The number of aliphatic hydroxyl groups excluding tert-OH is 1. The number of amides is 1. The Morgan fingerprint density at radius 1 is 0.422 bits per heavy atom. The van der Waals surface area contributed by atoms with Crippen LogP contribution in [-0.2, 0) is 65.6 Å². The second-order valence-electron chi connectivity index (χ2n) is 16.0. The maximum absolute atomic E-state index is 10.7. The van der Waals surface area contributed by atoms with Gasteiger partial charge in [-0.05, 0) is 115 Å². The molecular weight excluding hydrogens is 1150 g/mol. The number of hydrogen-bond acceptors (Lipinski definition) is 22. The van der Waals surface area contributed by atoms with E-state index in [0.717, 1.165) is 49.6 Å². The van der Waals surface area contributed by atoms with Gasteiger partial charge in [0.15, 0.2) is 0 Å². The molecular formula is C67H165N11O12. The van der Waals surface area contributed by atoms with Crippen molar-refractivity contribution in [1.29, 1.82) is 0 Å². The number of nitrogens with zero attached hydrogens (tertiary/aromatic N) is 1. The molecule has 90 heavy (non-hydrogen) atoms. The Morgan fingerprint density at radius 3 is 0.622 bits per heavy atom. The Morgan fingerprint density at radius 2 is 0.556 bits per heavy atom. The van der Waals surface area contributed by atoms with Crippen LogP contribution in [0, 0.1) is 29.6 Å². The highest BCUT2D eigenvalue weighted by Crippen LogP contribution is 2.07. The zero-order valence-electron chi connectivity index (χ0n) is 63.1. The lowest BCUT2D eigenvalue weighted by Crippen LogP contribution is -2.33. The summed E-state index contributed by atoms with van der Waals surface area (Å²) >= 11 is 0. The molecule has 23 nitrogen and oxygen atoms in total. The molecule has 2 aromatic carbocycles. The van der Waals surface area contributed by atoms with Crippen molar-refractivity contribution in [2.75, 3.05) is 41.3 Å². The van der Waals surface area contributed by atoms with Crippen LogP contribution in [-0.4, -0.2) is 131 Å². The zero-order chi connectivity index (χ0) is 72.6. The number of piperidine rings is 1. The molecule has 0 aromatic heterocycles. The van der Waals surface area contributed by atoms with Crippen LogP contribution in [0.4, 0.5) is 0 Å². The molecule has 27 N–H and O–H groups in total. The lowest BCUT2D eigenvalue weighted by atomic mass is 10.1. The number of hydrogen-bond donors (Lipinski definition) is 11. The molecule has 1 aliphatic heterocycles. The predicted octanol–water partition coefficient (Wildman–Crippen LogP) is 14.6. The van der Waals surface area contributed by atoms with Gasteiger partial charge in [-0.1, -0.05) is 218 Å². The van der Waals surface area contributed by atoms with Gasteiger partial charge in [0.05, 0.1) is 0 Å². The van der Waals surface area contributed by atoms with Crippen molar-refractivity contribution in [3.8, 4) is 0 Å². The molecule has 0 spiro atoms. The van der Waals surface area contributed by atoms with E-state index in [1.54, 1.807) is 20.8 Å². The van der Waals surface area contributed by atoms with Gasteiger partial charge in [0.1, 0.15) is 67.9 Å². The number of allylic oxidation sites excluding steroid dienone is 1. The summed E-state index contributed by atoms with van der Waals surface area (Å²) in [4.78, 5) is 92.6. The van der Waals surface area contributed by atoms with Crippen LogP contribution in [0.1, 0.15) is 202 Å². The molecule has 1 saturated heterocycles. The Balaban J connectivity index is -0.0000000175. The molecule has 1 heterocycles. The van der Waals surface area contributed by atoms with Gasteiger partial charge in [0, 0.05) is 26.1 Å². The van der Waals surface area contributed by atoms with Gasteiger partial charge >= 0.3 is 0 Å². The van der Waals surface area contributed by atoms with E-state index in [9.17, 15) is 4.79 Å². The van der Waals surface area contributed by atoms with Crippen molar-refractivity contribution in [2.24, 2.45) is 52.5 Å². The number of aryl methyl sites for hydroxylation is 2. The van der Waals surface area contributed by atoms with Crippen LogP contribution in [0.25, 0.3) is 0 Å². The summed E-state index contributed by atoms with van der Waals surface area (Å²) < 4.78 is 0. The normalized spacial score (nSPS) is 7.27. The Bertz CT molecular complexity index is 1040. The van der Waals surface area contributed by atoms with E-state index in [1.165, 1.54) is 77.8 Å². The molecule has 1 aliphatic rings. The number of benzene rings is 2. The monoisotopic (exact) mass is 1320 g/mol. The molecule has 2 aromatic rings. The predicted molar refractivity (Wildman–Crippen MR) is 406 cm³/mol. The number of carbonyl (C=O) groups is 11. The molecule has 1 fully saturated rings. The lowest BCUT2D eigenvalue weighted by Gasteiger charge is -2.24. The fourth-order valence-electron chi connectivity index (χ4n) is 2.64. The molecule has 0 radical (unpaired) electrons. The van der Waals surface area contributed by atoms with Gasteiger partial charge in [-0.15, -0.1) is 6.58 Å². The van der Waals surface area contributed by atoms with E-state index in [2.05, 4.69) is 189 Å². The second-order valence-corrected chi connectivity index (χ2v) is 16.0. The maximum atomic E-state index is 10.7. The fraction of sp³-hybridized carbons (Fsp3) is 0.627. The summed E-state index contributed by atoms with van der Waals surface area (Å²) in [7, 11) is 6.00. The van der Waals surface area contributed by atoms with E-state index in [4.69, 9.17) is 53.1 Å². The van der Waals surface area contributed by atoms with Crippen molar-refractivity contribution < 1.29 is 57.8 Å². The second kappa shape index (κ2) is 276. The maximum Gasteiger partial charge on any atom is 0.219 e. The van der Waals surface area contributed by atoms with Crippen LogP contribution in [0.5, 0.6) is 0 Å². The smallest absolute Gasteiger partial charge is 0.219 e. The Hall–Kier alpha value is -6.09. The third kappa shape index (κ3) is 466. The molecule has 0 bridgehead atoms. The van der Waals surface area contributed by atoms with Crippen LogP contribution in [0.3, 0.4) is 0 Å². The minimum absolute atomic E-state index is 0. The topological polar surface area (TPSA) is 525 Å². The molecule has 0 unspecified atom stereocenters. The van der Waals surface area contributed by atoms with Gasteiger partial charge in [-0.3, -0.25) is 4.79 Å². The highest BCUT2D eigenvalue weighted by atomic mass is 16.3. The molecule has 560 valence electrons. The minimum Gasteiger partial charge on any atom is -0.394 e. The number of rotatable bonds is 6. The highest BCUT2D eigenvalue weighted by Gasteiger charge is 2.11. The molecule has 0 aliphatic carbocycles. The van der Waals surface area contributed by atoms with E-state index in [-0.39, 0.29) is 56.3 Å². The standard InChI is InChI=1S/2C8H10.C7H13NO.3C5H12.C5H10.C4H10.C3H8O.C2H6.4CH5N.10CH2O.CH4.6H3N/c2*1-2-8-6-4-3-5-7-8;1-7(9)8-5-3-2-4-6-8;4*1-4-5(2)3;1-4(2)3;1-3(2)4;15*1-2;;;;;;;/h2*3-7H,2H2,1H3;2-6H2,1H3;3*5H,4H2,1-3H3;4-5H,1H2,2-3H3;4H,1-3H3;3-4H,1-2H3;1-2H3;4*2H2,1H3;10*1H2;1H4;6*1H3. The summed E-state index contributed by atoms with van der Waals surface area (Å²) in [5.41, 5.74) is 20.8. The summed E-state index contributed by atoms with van der Waals surface area (Å²) in [6, 6.07) is 20.9. The first-order chi connectivity index (χ1) is 39.7. The average molecular weight is 1320 g/mol. The molecule has 23 heteroatoms. The number of nitrogens with two attached hydrogens (primary N) is 4. The van der Waals surface area contributed by atoms with Gasteiger partial charge in [0.25, 0.3) is 0 Å². The van der Waals surface area contributed by atoms with Crippen molar-refractivity contribution in [3.05, 3.63) is 84.4 Å². The van der Waals surface area contributed by atoms with Crippen molar-refractivity contribution >= 4 is 73.8 Å². The van der Waals surface area contributed by atoms with E-state index in [1.807, 2.05) is 105 Å². The van der Waals surface area contributed by atoms with Gasteiger partial charge in [-0.25, -0.2) is 0 Å². The first-order valence-electron chi connectivity index (χ1n) is 27.6. The fourth-order valence-corrected chi connectivity index (χ4v) is 2.64. The SMILES string of the molecule is C.C=CC(C)C.C=O.C=O.C=O.C=O.C=O.C=O.C=O.C=O.C=O.C=O.CC.CC(=O)N1CCCCC1.CC(C)C.CC(C)O.CCC(C)C.CCC(C)C.CCC(C)C.CCc1ccccc1.CCc1ccccc1.CN.CN.CN.CN.N.N.N.N.N.N. The quantitative estimate of drug-likeness (QED) is 0.120. The van der Waals surface area contributed by atoms with E-state index >= 15 is 0 Å². The van der Waals surface area contributed by atoms with Gasteiger partial charge < -0.3 is 118 Å². The van der Waals surface area contributed by atoms with Gasteiger partial charge in [-0.2, -0.15) is 0 Å². The Kier molecular flexibility index (Phi) is 565. The van der Waals surface area contributed by atoms with Crippen molar-refractivity contribution in [3.63, 3.8) is 0 Å². The minimum atomic E-state index is -0.167. The van der Waals surface area contributed by atoms with Crippen LogP contribution >= 0.6 is 0 Å². The third-order valence-electron chi connectivity index (χ3n) is 7.22. The molecule has 3 rings (SSSR count). The number of aliphatic hydroxyl groups is 1. The number of likely N-dealkylation sites (tertiary alicyclic amines) is 1. The Labute approximate surface area is 560 Å². The molecule has 0 saturated carbocycles. The molecule has 0 atom stereocenters. The van der Waals surface area contributed by atoms with Crippen molar-refractivity contribution in [2.45, 2.75) is 210 Å². The number of carbonyl (C=O) groups excluding carboxylic acids is 11. The summed E-state index contributed by atoms with van der Waals surface area (Å²) in [6.07, 6.45) is 11.6. The zero-order valence-corrected chi connectivity index (χ0v) is 63.1. The van der Waals surface area contributed by atoms with Crippen LogP contribution in [0.15, 0.2) is 73.3 Å². The third-order valence-corrected chi connectivity index (χ3v) is 7.22. The van der Waals surface area contributed by atoms with Crippen LogP contribution in [0.2, 0.25) is 0 Å². The summed E-state index contributed by atoms with van der Waals surface area (Å²) in [5.74, 6) is 4.37. The largest absolute Gasteiger partial charge is 0.394 e. The summed E-state index contributed by atoms with van der Waals surface area (Å²) in [5, 5.41) is 8.06. The van der Waals surface area contributed by atoms with Gasteiger partial charge in [0.2, 0.25) is 5.91 Å². The lowest BCUT2D eigenvalue weighted by molar-refractivity contribution is -0.129. The van der Waals surface area contributed by atoms with E-state index < -0.39 is 0 Å². The first-order valence-corrected chi connectivity index (χ1v) is 27.6. The average Bonchev–Trinajstić information content (AvgIpc) is 3.57. The van der Waals surface area contributed by atoms with E-state index in [0.29, 0.717) is 5.92 Å². The summed E-state index contributed by atoms with van der Waals surface area (Å²) in [6.45, 7) is 69.6. The van der Waals surface area contributed by atoms with Crippen molar-refractivity contribution in [1.82, 2.24) is 41.8 Å². The van der Waals surface area contributed by atoms with Crippen LogP contribution < -0.4 is 59.8 Å².